The van der Waals surface area contributed by atoms with Crippen molar-refractivity contribution >= 4 is 0 Å². The first kappa shape index (κ1) is 11.6. The highest BCUT2D eigenvalue weighted by Gasteiger charge is 2.22. The number of hydrogen-bond acceptors (Lipinski definition) is 1. The Morgan fingerprint density at radius 1 is 1.25 bits per heavy atom. The van der Waals surface area contributed by atoms with Crippen LogP contribution in [0.4, 0.5) is 4.39 Å². The van der Waals surface area contributed by atoms with Gasteiger partial charge in [0.1, 0.15) is 5.82 Å². The van der Waals surface area contributed by atoms with E-state index in [4.69, 9.17) is 5.73 Å². The first-order valence-electron chi connectivity index (χ1n) is 6.20. The van der Waals surface area contributed by atoms with Gasteiger partial charge in [-0.05, 0) is 48.9 Å². The molecule has 1 aromatic carbocycles. The van der Waals surface area contributed by atoms with Gasteiger partial charge in [0, 0.05) is 6.04 Å². The fourth-order valence-electron chi connectivity index (χ4n) is 2.76. The molecule has 0 unspecified atom stereocenters. The van der Waals surface area contributed by atoms with Crippen molar-refractivity contribution in [1.82, 2.24) is 0 Å². The normalized spacial score (nSPS) is 19.7. The third kappa shape index (κ3) is 2.43. The van der Waals surface area contributed by atoms with Crippen molar-refractivity contribution in [2.24, 2.45) is 11.7 Å². The lowest BCUT2D eigenvalue weighted by Gasteiger charge is -2.28. The van der Waals surface area contributed by atoms with E-state index in [-0.39, 0.29) is 11.9 Å². The van der Waals surface area contributed by atoms with Crippen molar-refractivity contribution in [3.05, 3.63) is 35.1 Å². The standard InChI is InChI=1S/C14H20FN/c1-10-9-12(15)7-8-13(10)14(16)11-5-3-2-4-6-11/h7-9,11,14H,2-6,16H2,1H3/t14-/m1/s1. The van der Waals surface area contributed by atoms with E-state index in [1.54, 1.807) is 6.07 Å². The van der Waals surface area contributed by atoms with E-state index in [0.29, 0.717) is 5.92 Å². The maximum absolute atomic E-state index is 13.0. The molecule has 1 saturated carbocycles. The Hall–Kier alpha value is -0.890. The molecule has 0 heterocycles. The molecule has 0 bridgehead atoms. The summed E-state index contributed by atoms with van der Waals surface area (Å²) >= 11 is 0. The minimum absolute atomic E-state index is 0.0842. The second-order valence-electron chi connectivity index (χ2n) is 4.92. The topological polar surface area (TPSA) is 26.0 Å². The lowest BCUT2D eigenvalue weighted by atomic mass is 9.80. The summed E-state index contributed by atoms with van der Waals surface area (Å²) < 4.78 is 13.0. The lowest BCUT2D eigenvalue weighted by Crippen LogP contribution is -2.24. The van der Waals surface area contributed by atoms with Crippen molar-refractivity contribution in [3.63, 3.8) is 0 Å². The van der Waals surface area contributed by atoms with Crippen LogP contribution in [0.3, 0.4) is 0 Å². The van der Waals surface area contributed by atoms with Gasteiger partial charge in [0.25, 0.3) is 0 Å². The Kier molecular flexibility index (Phi) is 3.59. The van der Waals surface area contributed by atoms with Crippen LogP contribution in [0.15, 0.2) is 18.2 Å². The first-order valence-corrected chi connectivity index (χ1v) is 6.20. The summed E-state index contributed by atoms with van der Waals surface area (Å²) in [5, 5.41) is 0. The second-order valence-corrected chi connectivity index (χ2v) is 4.92. The van der Waals surface area contributed by atoms with Crippen LogP contribution in [-0.4, -0.2) is 0 Å². The number of halogens is 1. The van der Waals surface area contributed by atoms with Gasteiger partial charge >= 0.3 is 0 Å². The molecule has 0 amide bonds. The molecule has 2 N–H and O–H groups in total. The molecule has 16 heavy (non-hydrogen) atoms. The lowest BCUT2D eigenvalue weighted by molar-refractivity contribution is 0.307. The fraction of sp³-hybridized carbons (Fsp3) is 0.571. The van der Waals surface area contributed by atoms with E-state index < -0.39 is 0 Å². The van der Waals surface area contributed by atoms with Crippen LogP contribution in [0.2, 0.25) is 0 Å². The Morgan fingerprint density at radius 2 is 1.94 bits per heavy atom. The number of benzene rings is 1. The highest BCUT2D eigenvalue weighted by molar-refractivity contribution is 5.29. The Labute approximate surface area is 96.9 Å². The van der Waals surface area contributed by atoms with Crippen LogP contribution in [0.25, 0.3) is 0 Å². The summed E-state index contributed by atoms with van der Waals surface area (Å²) in [4.78, 5) is 0. The highest BCUT2D eigenvalue weighted by Crippen LogP contribution is 2.34. The number of hydrogen-bond donors (Lipinski definition) is 1. The second kappa shape index (κ2) is 4.96. The molecule has 1 atom stereocenters. The van der Waals surface area contributed by atoms with Gasteiger partial charge in [-0.2, -0.15) is 0 Å². The molecule has 0 saturated heterocycles. The molecule has 1 aromatic rings. The molecule has 1 nitrogen and oxygen atoms in total. The van der Waals surface area contributed by atoms with E-state index in [0.717, 1.165) is 11.1 Å². The third-order valence-electron chi connectivity index (χ3n) is 3.75. The van der Waals surface area contributed by atoms with Crippen molar-refractivity contribution in [2.75, 3.05) is 0 Å². The van der Waals surface area contributed by atoms with Crippen molar-refractivity contribution < 1.29 is 4.39 Å². The Morgan fingerprint density at radius 3 is 2.56 bits per heavy atom. The molecule has 88 valence electrons. The molecule has 1 aliphatic carbocycles. The van der Waals surface area contributed by atoms with E-state index in [1.807, 2.05) is 13.0 Å². The zero-order valence-electron chi connectivity index (χ0n) is 9.88. The summed E-state index contributed by atoms with van der Waals surface area (Å²) in [5.41, 5.74) is 8.40. The van der Waals surface area contributed by atoms with Gasteiger partial charge in [0.05, 0.1) is 0 Å². The van der Waals surface area contributed by atoms with Gasteiger partial charge in [-0.25, -0.2) is 4.39 Å². The summed E-state index contributed by atoms with van der Waals surface area (Å²) in [6.45, 7) is 1.95. The van der Waals surface area contributed by atoms with Crippen LogP contribution < -0.4 is 5.73 Å². The average Bonchev–Trinajstić information content (AvgIpc) is 2.29. The predicted octanol–water partition coefficient (Wildman–Crippen LogP) is 3.71. The van der Waals surface area contributed by atoms with E-state index in [9.17, 15) is 4.39 Å². The van der Waals surface area contributed by atoms with Crippen LogP contribution in [-0.2, 0) is 0 Å². The van der Waals surface area contributed by atoms with E-state index in [2.05, 4.69) is 0 Å². The first-order chi connectivity index (χ1) is 7.68. The largest absolute Gasteiger partial charge is 0.324 e. The number of nitrogens with two attached hydrogens (primary N) is 1. The van der Waals surface area contributed by atoms with Crippen LogP contribution in [0, 0.1) is 18.7 Å². The zero-order valence-corrected chi connectivity index (χ0v) is 9.88. The number of rotatable bonds is 2. The molecular weight excluding hydrogens is 201 g/mol. The molecule has 1 aliphatic rings. The highest BCUT2D eigenvalue weighted by atomic mass is 19.1. The minimum atomic E-state index is -0.169. The quantitative estimate of drug-likeness (QED) is 0.809. The average molecular weight is 221 g/mol. The van der Waals surface area contributed by atoms with Crippen LogP contribution in [0.5, 0.6) is 0 Å². The minimum Gasteiger partial charge on any atom is -0.324 e. The SMILES string of the molecule is Cc1cc(F)ccc1[C@H](N)C1CCCCC1. The van der Waals surface area contributed by atoms with Gasteiger partial charge in [-0.3, -0.25) is 0 Å². The van der Waals surface area contributed by atoms with Gasteiger partial charge < -0.3 is 5.73 Å². The molecule has 2 heteroatoms. The van der Waals surface area contributed by atoms with Gasteiger partial charge in [-0.15, -0.1) is 0 Å². The molecule has 0 spiro atoms. The molecule has 1 fully saturated rings. The smallest absolute Gasteiger partial charge is 0.123 e. The number of aryl methyl sites for hydroxylation is 1. The van der Waals surface area contributed by atoms with Gasteiger partial charge in [-0.1, -0.05) is 25.3 Å². The molecule has 2 rings (SSSR count). The Bertz CT molecular complexity index is 356. The molecule has 0 aliphatic heterocycles. The van der Waals surface area contributed by atoms with E-state index in [1.165, 1.54) is 38.2 Å². The van der Waals surface area contributed by atoms with Gasteiger partial charge in [0.15, 0.2) is 0 Å². The maximum Gasteiger partial charge on any atom is 0.123 e. The third-order valence-corrected chi connectivity index (χ3v) is 3.75. The molecular formula is C14H20FN. The monoisotopic (exact) mass is 221 g/mol. The summed E-state index contributed by atoms with van der Waals surface area (Å²) in [6.07, 6.45) is 6.36. The van der Waals surface area contributed by atoms with Crippen molar-refractivity contribution in [3.8, 4) is 0 Å². The van der Waals surface area contributed by atoms with Crippen molar-refractivity contribution in [1.29, 1.82) is 0 Å². The Balaban J connectivity index is 2.15. The van der Waals surface area contributed by atoms with Gasteiger partial charge in [0.2, 0.25) is 0 Å². The zero-order chi connectivity index (χ0) is 11.5. The van der Waals surface area contributed by atoms with E-state index >= 15 is 0 Å². The summed E-state index contributed by atoms with van der Waals surface area (Å²) in [7, 11) is 0. The van der Waals surface area contributed by atoms with Crippen LogP contribution in [0.1, 0.15) is 49.3 Å². The summed E-state index contributed by atoms with van der Waals surface area (Å²) in [6, 6.07) is 5.04. The van der Waals surface area contributed by atoms with Crippen molar-refractivity contribution in [2.45, 2.75) is 45.1 Å². The molecule has 0 radical (unpaired) electrons. The fourth-order valence-corrected chi connectivity index (χ4v) is 2.76. The summed E-state index contributed by atoms with van der Waals surface area (Å²) in [5.74, 6) is 0.412. The molecule has 0 aromatic heterocycles. The maximum atomic E-state index is 13.0. The predicted molar refractivity (Wildman–Crippen MR) is 64.6 cm³/mol. The van der Waals surface area contributed by atoms with Crippen LogP contribution >= 0.6 is 0 Å².